The van der Waals surface area contributed by atoms with Crippen LogP contribution in [0.2, 0.25) is 18.1 Å². The molecule has 1 heterocycles. The van der Waals surface area contributed by atoms with Crippen molar-refractivity contribution in [3.8, 4) is 0 Å². The monoisotopic (exact) mass is 317 g/mol. The van der Waals surface area contributed by atoms with E-state index in [1.807, 2.05) is 18.0 Å². The molecule has 0 aromatic heterocycles. The molecule has 0 saturated carbocycles. The molecule has 1 aliphatic heterocycles. The normalized spacial score (nSPS) is 19.8. The Kier molecular flexibility index (Phi) is 4.60. The quantitative estimate of drug-likeness (QED) is 0.863. The summed E-state index contributed by atoms with van der Waals surface area (Å²) in [6, 6.07) is 6.25. The van der Waals surface area contributed by atoms with E-state index in [0.29, 0.717) is 12.3 Å². The summed E-state index contributed by atoms with van der Waals surface area (Å²) >= 11 is 0. The molecule has 0 unspecified atom stereocenters. The van der Waals surface area contributed by atoms with Crippen LogP contribution in [0.3, 0.4) is 0 Å². The van der Waals surface area contributed by atoms with E-state index in [4.69, 9.17) is 0 Å². The van der Waals surface area contributed by atoms with Crippen LogP contribution >= 0.6 is 0 Å². The lowest BCUT2D eigenvalue weighted by Gasteiger charge is -2.37. The van der Waals surface area contributed by atoms with E-state index in [1.54, 1.807) is 0 Å². The average Bonchev–Trinajstić information content (AvgIpc) is 2.67. The van der Waals surface area contributed by atoms with Gasteiger partial charge in [0.05, 0.1) is 0 Å². The highest BCUT2D eigenvalue weighted by Crippen LogP contribution is 2.44. The summed E-state index contributed by atoms with van der Waals surface area (Å²) < 4.78 is 0. The Labute approximate surface area is 136 Å². The van der Waals surface area contributed by atoms with Gasteiger partial charge >= 0.3 is 0 Å². The van der Waals surface area contributed by atoms with Crippen molar-refractivity contribution in [2.24, 2.45) is 5.92 Å². The lowest BCUT2D eigenvalue weighted by molar-refractivity contribution is -0.117. The standard InChI is InChI=1S/C17H28BNO2Si/c1-12-8-14(18)6-7-15(12)19-11-13(9-16(19)20)10-17(2,3)22(4,5)21/h6-8,13,21H,9-11,18H2,1-5H3/t13-/m0/s1. The van der Waals surface area contributed by atoms with Gasteiger partial charge in [-0.15, -0.1) is 0 Å². The molecule has 1 amide bonds. The van der Waals surface area contributed by atoms with Crippen molar-refractivity contribution in [2.45, 2.75) is 51.7 Å². The molecule has 1 N–H and O–H groups in total. The molecule has 5 heteroatoms. The van der Waals surface area contributed by atoms with Crippen molar-refractivity contribution in [1.29, 1.82) is 0 Å². The van der Waals surface area contributed by atoms with E-state index in [0.717, 1.165) is 24.2 Å². The number of hydrogen-bond acceptors (Lipinski definition) is 2. The minimum absolute atomic E-state index is 0.0731. The van der Waals surface area contributed by atoms with E-state index < -0.39 is 8.32 Å². The minimum Gasteiger partial charge on any atom is -0.432 e. The first-order valence-electron chi connectivity index (χ1n) is 8.11. The van der Waals surface area contributed by atoms with Gasteiger partial charge < -0.3 is 9.70 Å². The fourth-order valence-electron chi connectivity index (χ4n) is 3.23. The number of carbonyl (C=O) groups excluding carboxylic acids is 1. The Hall–Kier alpha value is -1.07. The lowest BCUT2D eigenvalue weighted by atomic mass is 9.93. The number of benzene rings is 1. The van der Waals surface area contributed by atoms with Crippen LogP contribution in [0.25, 0.3) is 0 Å². The molecular weight excluding hydrogens is 289 g/mol. The van der Waals surface area contributed by atoms with Gasteiger partial charge in [-0.2, -0.15) is 0 Å². The summed E-state index contributed by atoms with van der Waals surface area (Å²) in [5, 5.41) is -0.0731. The van der Waals surface area contributed by atoms with Crippen LogP contribution in [-0.4, -0.2) is 33.4 Å². The van der Waals surface area contributed by atoms with E-state index in [1.165, 1.54) is 5.46 Å². The van der Waals surface area contributed by atoms with Crippen LogP contribution in [0, 0.1) is 12.8 Å². The third-order valence-corrected chi connectivity index (χ3v) is 8.82. The lowest BCUT2D eigenvalue weighted by Crippen LogP contribution is -2.40. The predicted molar refractivity (Wildman–Crippen MR) is 98.2 cm³/mol. The van der Waals surface area contributed by atoms with Crippen LogP contribution in [0.15, 0.2) is 18.2 Å². The van der Waals surface area contributed by atoms with Crippen molar-refractivity contribution in [1.82, 2.24) is 0 Å². The van der Waals surface area contributed by atoms with Gasteiger partial charge in [0.2, 0.25) is 5.91 Å². The van der Waals surface area contributed by atoms with E-state index in [2.05, 4.69) is 46.8 Å². The van der Waals surface area contributed by atoms with Crippen molar-refractivity contribution in [3.05, 3.63) is 23.8 Å². The topological polar surface area (TPSA) is 40.5 Å². The van der Waals surface area contributed by atoms with Gasteiger partial charge in [0.15, 0.2) is 8.32 Å². The Bertz CT molecular complexity index is 581. The number of aryl methyl sites for hydroxylation is 1. The third kappa shape index (κ3) is 3.46. The Morgan fingerprint density at radius 3 is 2.59 bits per heavy atom. The number of nitrogens with zero attached hydrogens (tertiary/aromatic N) is 1. The molecule has 0 aliphatic carbocycles. The van der Waals surface area contributed by atoms with Crippen LogP contribution in [0.1, 0.15) is 32.3 Å². The molecule has 1 aliphatic rings. The second-order valence-electron chi connectivity index (χ2n) is 8.01. The van der Waals surface area contributed by atoms with Gasteiger partial charge in [0.25, 0.3) is 0 Å². The molecule has 3 nitrogen and oxygen atoms in total. The number of rotatable bonds is 4. The molecule has 1 aromatic carbocycles. The summed E-state index contributed by atoms with van der Waals surface area (Å²) in [6.45, 7) is 11.1. The summed E-state index contributed by atoms with van der Waals surface area (Å²) in [5.41, 5.74) is 3.42. The molecule has 1 aromatic rings. The third-order valence-electron chi connectivity index (χ3n) is 5.30. The Morgan fingerprint density at radius 2 is 2.05 bits per heavy atom. The molecule has 0 spiro atoms. The SMILES string of the molecule is Bc1ccc(N2C[C@H](CC(C)(C)[Si](C)(C)O)CC2=O)c(C)c1. The average molecular weight is 317 g/mol. The molecule has 0 bridgehead atoms. The van der Waals surface area contributed by atoms with Crippen molar-refractivity contribution < 1.29 is 9.59 Å². The van der Waals surface area contributed by atoms with Gasteiger partial charge in [-0.3, -0.25) is 4.79 Å². The first kappa shape index (κ1) is 17.3. The van der Waals surface area contributed by atoms with Crippen LogP contribution in [0.5, 0.6) is 0 Å². The maximum atomic E-state index is 12.4. The number of hydrogen-bond donors (Lipinski definition) is 1. The van der Waals surface area contributed by atoms with Gasteiger partial charge in [0, 0.05) is 18.7 Å². The van der Waals surface area contributed by atoms with Crippen molar-refractivity contribution in [3.63, 3.8) is 0 Å². The second-order valence-corrected chi connectivity index (χ2v) is 12.5. The Balaban J connectivity index is 2.15. The zero-order valence-corrected chi connectivity index (χ0v) is 15.7. The fraction of sp³-hybridized carbons (Fsp3) is 0.588. The maximum Gasteiger partial charge on any atom is 0.227 e. The summed E-state index contributed by atoms with van der Waals surface area (Å²) in [5.74, 6) is 0.548. The largest absolute Gasteiger partial charge is 0.432 e. The highest BCUT2D eigenvalue weighted by molar-refractivity contribution is 6.72. The van der Waals surface area contributed by atoms with E-state index in [-0.39, 0.29) is 10.9 Å². The summed E-state index contributed by atoms with van der Waals surface area (Å²) in [4.78, 5) is 24.8. The predicted octanol–water partition coefficient (Wildman–Crippen LogP) is 1.97. The minimum atomic E-state index is -2.22. The number of carbonyl (C=O) groups is 1. The molecule has 1 atom stereocenters. The highest BCUT2D eigenvalue weighted by atomic mass is 28.4. The zero-order chi connectivity index (χ0) is 16.7. The molecule has 120 valence electrons. The fourth-order valence-corrected chi connectivity index (χ4v) is 4.02. The molecular formula is C17H28BNO2Si. The molecule has 1 fully saturated rings. The van der Waals surface area contributed by atoms with Crippen LogP contribution < -0.4 is 10.4 Å². The summed E-state index contributed by atoms with van der Waals surface area (Å²) in [7, 11) is -0.153. The van der Waals surface area contributed by atoms with E-state index in [9.17, 15) is 9.59 Å². The van der Waals surface area contributed by atoms with Crippen LogP contribution in [0.4, 0.5) is 5.69 Å². The van der Waals surface area contributed by atoms with Gasteiger partial charge in [-0.1, -0.05) is 31.4 Å². The summed E-state index contributed by atoms with van der Waals surface area (Å²) in [6.07, 6.45) is 1.51. The Morgan fingerprint density at radius 1 is 1.41 bits per heavy atom. The molecule has 2 rings (SSSR count). The number of amides is 1. The molecule has 0 radical (unpaired) electrons. The van der Waals surface area contributed by atoms with Crippen molar-refractivity contribution >= 4 is 33.2 Å². The van der Waals surface area contributed by atoms with Gasteiger partial charge in [0.1, 0.15) is 7.85 Å². The van der Waals surface area contributed by atoms with E-state index >= 15 is 0 Å². The number of anilines is 1. The maximum absolute atomic E-state index is 12.4. The van der Waals surface area contributed by atoms with Gasteiger partial charge in [-0.25, -0.2) is 0 Å². The van der Waals surface area contributed by atoms with Crippen molar-refractivity contribution in [2.75, 3.05) is 11.4 Å². The second kappa shape index (κ2) is 5.85. The zero-order valence-electron chi connectivity index (χ0n) is 14.7. The van der Waals surface area contributed by atoms with Gasteiger partial charge in [-0.05, 0) is 49.0 Å². The molecule has 22 heavy (non-hydrogen) atoms. The first-order chi connectivity index (χ1) is 10.0. The highest BCUT2D eigenvalue weighted by Gasteiger charge is 2.42. The molecule has 1 saturated heterocycles. The smallest absolute Gasteiger partial charge is 0.227 e. The first-order valence-corrected chi connectivity index (χ1v) is 11.1. The van der Waals surface area contributed by atoms with Crippen LogP contribution in [-0.2, 0) is 4.79 Å².